The Balaban J connectivity index is 0.00000256. The Bertz CT molecular complexity index is 364. The topological polar surface area (TPSA) is 9.23 Å². The van der Waals surface area contributed by atoms with Crippen molar-refractivity contribution in [3.05, 3.63) is 29.3 Å². The molecule has 0 unspecified atom stereocenters. The zero-order valence-corrected chi connectivity index (χ0v) is 11.6. The minimum absolute atomic E-state index is 0. The van der Waals surface area contributed by atoms with E-state index in [0.717, 1.165) is 5.75 Å². The molecule has 0 atom stereocenters. The van der Waals surface area contributed by atoms with Crippen LogP contribution in [0.4, 0.5) is 0 Å². The van der Waals surface area contributed by atoms with Crippen LogP contribution in [0, 0.1) is 0 Å². The van der Waals surface area contributed by atoms with Crippen molar-refractivity contribution in [3.63, 3.8) is 0 Å². The highest BCUT2D eigenvalue weighted by atomic mass is 16.5. The number of rotatable bonds is 1. The first-order valence-corrected chi connectivity index (χ1v) is 5.85. The molecule has 1 heteroatoms. The highest BCUT2D eigenvalue weighted by Crippen LogP contribution is 2.35. The Hall–Kier alpha value is -0.980. The first kappa shape index (κ1) is 16.0. The van der Waals surface area contributed by atoms with Gasteiger partial charge in [-0.05, 0) is 34.1 Å². The van der Waals surface area contributed by atoms with Gasteiger partial charge in [0.1, 0.15) is 5.75 Å². The van der Waals surface area contributed by atoms with Crippen LogP contribution in [0.25, 0.3) is 0 Å². The fourth-order valence-electron chi connectivity index (χ4n) is 1.92. The zero-order chi connectivity index (χ0) is 12.6. The van der Waals surface area contributed by atoms with Crippen molar-refractivity contribution in [3.8, 4) is 5.75 Å². The first-order chi connectivity index (χ1) is 7.16. The molecule has 17 heavy (non-hydrogen) atoms. The fourth-order valence-corrected chi connectivity index (χ4v) is 1.92. The second-order valence-corrected chi connectivity index (χ2v) is 6.41. The summed E-state index contributed by atoms with van der Waals surface area (Å²) in [6, 6.07) is 6.41. The van der Waals surface area contributed by atoms with E-state index in [1.807, 2.05) is 0 Å². The molecule has 1 nitrogen and oxygen atoms in total. The Kier molecular flexibility index (Phi) is 4.82. The monoisotopic (exact) mass is 236 g/mol. The van der Waals surface area contributed by atoms with Gasteiger partial charge in [0.25, 0.3) is 0 Å². The molecule has 1 aromatic rings. The lowest BCUT2D eigenvalue weighted by Crippen LogP contribution is -2.21. The third-order valence-corrected chi connectivity index (χ3v) is 2.84. The molecule has 0 aliphatic carbocycles. The first-order valence-electron chi connectivity index (χ1n) is 5.85. The molecule has 0 heterocycles. The van der Waals surface area contributed by atoms with Gasteiger partial charge in [-0.3, -0.25) is 0 Å². The largest absolute Gasteiger partial charge is 0.497 e. The summed E-state index contributed by atoms with van der Waals surface area (Å²) in [7, 11) is 1.72. The number of benzene rings is 1. The van der Waals surface area contributed by atoms with Crippen LogP contribution in [0.1, 0.15) is 60.1 Å². The van der Waals surface area contributed by atoms with E-state index < -0.39 is 0 Å². The maximum atomic E-state index is 5.32. The highest BCUT2D eigenvalue weighted by molar-refractivity contribution is 5.42. The molecule has 0 fully saturated rings. The summed E-state index contributed by atoms with van der Waals surface area (Å²) in [6.07, 6.45) is 0. The SMILES string of the molecule is C.COc1ccc(C(C)(C)C)c(C(C)(C)C)c1. The quantitative estimate of drug-likeness (QED) is 0.672. The third kappa shape index (κ3) is 3.76. The Morgan fingerprint density at radius 1 is 0.824 bits per heavy atom. The van der Waals surface area contributed by atoms with Crippen molar-refractivity contribution >= 4 is 0 Å². The van der Waals surface area contributed by atoms with E-state index in [9.17, 15) is 0 Å². The Morgan fingerprint density at radius 2 is 1.29 bits per heavy atom. The lowest BCUT2D eigenvalue weighted by molar-refractivity contribution is 0.411. The Morgan fingerprint density at radius 3 is 1.65 bits per heavy atom. The third-order valence-electron chi connectivity index (χ3n) is 2.84. The highest BCUT2D eigenvalue weighted by Gasteiger charge is 2.25. The van der Waals surface area contributed by atoms with Gasteiger partial charge in [-0.1, -0.05) is 55.0 Å². The molecule has 0 saturated heterocycles. The molecule has 0 radical (unpaired) electrons. The number of hydrogen-bond acceptors (Lipinski definition) is 1. The van der Waals surface area contributed by atoms with Crippen LogP contribution in [0.3, 0.4) is 0 Å². The van der Waals surface area contributed by atoms with Crippen LogP contribution >= 0.6 is 0 Å². The van der Waals surface area contributed by atoms with Gasteiger partial charge in [-0.25, -0.2) is 0 Å². The smallest absolute Gasteiger partial charge is 0.119 e. The molecular formula is C16H28O. The predicted molar refractivity (Wildman–Crippen MR) is 77.1 cm³/mol. The number of ether oxygens (including phenoxy) is 1. The maximum Gasteiger partial charge on any atom is 0.119 e. The average molecular weight is 236 g/mol. The van der Waals surface area contributed by atoms with Gasteiger partial charge >= 0.3 is 0 Å². The van der Waals surface area contributed by atoms with Gasteiger partial charge in [0.05, 0.1) is 7.11 Å². The lowest BCUT2D eigenvalue weighted by Gasteiger charge is -2.30. The minimum atomic E-state index is 0. The average Bonchev–Trinajstić information content (AvgIpc) is 2.14. The van der Waals surface area contributed by atoms with Crippen LogP contribution < -0.4 is 4.74 Å². The van der Waals surface area contributed by atoms with Crippen molar-refractivity contribution in [2.45, 2.75) is 59.8 Å². The second kappa shape index (κ2) is 5.12. The molecule has 1 aromatic carbocycles. The molecular weight excluding hydrogens is 208 g/mol. The maximum absolute atomic E-state index is 5.32. The molecule has 0 aromatic heterocycles. The summed E-state index contributed by atoms with van der Waals surface area (Å²) >= 11 is 0. The van der Waals surface area contributed by atoms with E-state index in [4.69, 9.17) is 4.74 Å². The van der Waals surface area contributed by atoms with Gasteiger partial charge in [0.15, 0.2) is 0 Å². The molecule has 1 rings (SSSR count). The summed E-state index contributed by atoms with van der Waals surface area (Å²) < 4.78 is 5.32. The van der Waals surface area contributed by atoms with Gasteiger partial charge in [-0.15, -0.1) is 0 Å². The zero-order valence-electron chi connectivity index (χ0n) is 11.6. The second-order valence-electron chi connectivity index (χ2n) is 6.41. The van der Waals surface area contributed by atoms with Crippen molar-refractivity contribution in [1.29, 1.82) is 0 Å². The molecule has 0 aliphatic heterocycles. The van der Waals surface area contributed by atoms with E-state index in [1.165, 1.54) is 11.1 Å². The van der Waals surface area contributed by atoms with E-state index >= 15 is 0 Å². The number of hydrogen-bond donors (Lipinski definition) is 0. The molecule has 0 amide bonds. The Labute approximate surface area is 107 Å². The van der Waals surface area contributed by atoms with Gasteiger partial charge < -0.3 is 4.74 Å². The molecule has 0 bridgehead atoms. The molecule has 0 saturated carbocycles. The summed E-state index contributed by atoms with van der Waals surface area (Å²) in [4.78, 5) is 0. The van der Waals surface area contributed by atoms with Crippen molar-refractivity contribution < 1.29 is 4.74 Å². The summed E-state index contributed by atoms with van der Waals surface area (Å²) in [5, 5.41) is 0. The van der Waals surface area contributed by atoms with Crippen molar-refractivity contribution in [2.24, 2.45) is 0 Å². The minimum Gasteiger partial charge on any atom is -0.497 e. The molecule has 0 spiro atoms. The van der Waals surface area contributed by atoms with Crippen LogP contribution in [0.2, 0.25) is 0 Å². The fraction of sp³-hybridized carbons (Fsp3) is 0.625. The van der Waals surface area contributed by atoms with Gasteiger partial charge in [0, 0.05) is 0 Å². The van der Waals surface area contributed by atoms with E-state index in [1.54, 1.807) is 7.11 Å². The van der Waals surface area contributed by atoms with Crippen LogP contribution in [0.15, 0.2) is 18.2 Å². The molecule has 98 valence electrons. The summed E-state index contributed by atoms with van der Waals surface area (Å²) in [5.41, 5.74) is 3.10. The number of methoxy groups -OCH3 is 1. The van der Waals surface area contributed by atoms with Gasteiger partial charge in [-0.2, -0.15) is 0 Å². The van der Waals surface area contributed by atoms with Crippen LogP contribution in [-0.4, -0.2) is 7.11 Å². The van der Waals surface area contributed by atoms with Crippen LogP contribution in [-0.2, 0) is 10.8 Å². The van der Waals surface area contributed by atoms with E-state index in [2.05, 4.69) is 59.7 Å². The molecule has 0 aliphatic rings. The van der Waals surface area contributed by atoms with E-state index in [0.29, 0.717) is 0 Å². The van der Waals surface area contributed by atoms with Crippen molar-refractivity contribution in [1.82, 2.24) is 0 Å². The summed E-state index contributed by atoms with van der Waals surface area (Å²) in [6.45, 7) is 13.5. The van der Waals surface area contributed by atoms with E-state index in [-0.39, 0.29) is 18.3 Å². The summed E-state index contributed by atoms with van der Waals surface area (Å²) in [5.74, 6) is 0.943. The predicted octanol–water partition coefficient (Wildman–Crippen LogP) is 4.93. The molecule has 0 N–H and O–H groups in total. The lowest BCUT2D eigenvalue weighted by atomic mass is 9.75. The van der Waals surface area contributed by atoms with Gasteiger partial charge in [0.2, 0.25) is 0 Å². The normalized spacial score (nSPS) is 11.9. The van der Waals surface area contributed by atoms with Crippen molar-refractivity contribution in [2.75, 3.05) is 7.11 Å². The van der Waals surface area contributed by atoms with Crippen LogP contribution in [0.5, 0.6) is 5.75 Å². The standard InChI is InChI=1S/C15H24O.CH4/c1-14(2,3)12-9-8-11(16-7)10-13(12)15(4,5)6;/h8-10H,1-7H3;1H4.